The Morgan fingerprint density at radius 3 is 2.29 bits per heavy atom. The van der Waals surface area contributed by atoms with Gasteiger partial charge in [0.2, 0.25) is 0 Å². The van der Waals surface area contributed by atoms with Gasteiger partial charge in [0.15, 0.2) is 5.82 Å². The van der Waals surface area contributed by atoms with Crippen molar-refractivity contribution in [2.45, 2.75) is 90.0 Å². The quantitative estimate of drug-likeness (QED) is 0.146. The van der Waals surface area contributed by atoms with Crippen molar-refractivity contribution in [1.29, 1.82) is 0 Å². The average Bonchev–Trinajstić information content (AvgIpc) is 3.39. The number of carboxylic acid groups (broad SMARTS) is 1. The highest BCUT2D eigenvalue weighted by atomic mass is 35.5. The molecule has 8 heteroatoms. The molecule has 0 bridgehead atoms. The van der Waals surface area contributed by atoms with Gasteiger partial charge in [0, 0.05) is 17.0 Å². The summed E-state index contributed by atoms with van der Waals surface area (Å²) in [5.74, 6) is -1.39. The van der Waals surface area contributed by atoms with E-state index in [0.717, 1.165) is 29.5 Å². The standard InChI is InChI=1S/C30H38ClN3O4/c1-2-3-4-5-6-7-8-9-10-14-27-33-29(38-34-27)24-18-16-23(17-19-24)26(32-28(35)30(36)37)20-15-22-12-11-13-25(31)21-22/h11-13,16-19,21,26H,2-10,14-15,20H2,1H3,(H,32,35)(H,36,37). The van der Waals surface area contributed by atoms with Crippen molar-refractivity contribution >= 4 is 23.5 Å². The number of rotatable bonds is 16. The van der Waals surface area contributed by atoms with Gasteiger partial charge in [-0.05, 0) is 54.7 Å². The van der Waals surface area contributed by atoms with Crippen LogP contribution in [0.25, 0.3) is 11.5 Å². The fourth-order valence-electron chi connectivity index (χ4n) is 4.47. The molecule has 2 aromatic carbocycles. The molecule has 1 aromatic heterocycles. The third kappa shape index (κ3) is 9.93. The molecule has 38 heavy (non-hydrogen) atoms. The molecule has 0 aliphatic rings. The lowest BCUT2D eigenvalue weighted by Gasteiger charge is -2.18. The summed E-state index contributed by atoms with van der Waals surface area (Å²) >= 11 is 6.08. The Morgan fingerprint density at radius 1 is 0.947 bits per heavy atom. The molecule has 1 unspecified atom stereocenters. The molecule has 0 aliphatic heterocycles. The fraction of sp³-hybridized carbons (Fsp3) is 0.467. The molecule has 0 spiro atoms. The summed E-state index contributed by atoms with van der Waals surface area (Å²) in [4.78, 5) is 27.6. The monoisotopic (exact) mass is 539 g/mol. The summed E-state index contributed by atoms with van der Waals surface area (Å²) in [6.45, 7) is 2.24. The van der Waals surface area contributed by atoms with Crippen molar-refractivity contribution in [3.05, 3.63) is 70.5 Å². The number of carboxylic acids is 1. The van der Waals surface area contributed by atoms with Crippen molar-refractivity contribution in [2.24, 2.45) is 0 Å². The van der Waals surface area contributed by atoms with E-state index in [1.54, 1.807) is 6.07 Å². The van der Waals surface area contributed by atoms with Gasteiger partial charge in [0.1, 0.15) is 0 Å². The van der Waals surface area contributed by atoms with Crippen LogP contribution in [0.4, 0.5) is 0 Å². The maximum atomic E-state index is 11.9. The molecule has 1 atom stereocenters. The number of unbranched alkanes of at least 4 members (excludes halogenated alkanes) is 8. The number of hydrogen-bond donors (Lipinski definition) is 2. The van der Waals surface area contributed by atoms with Gasteiger partial charge >= 0.3 is 11.9 Å². The smallest absolute Gasteiger partial charge is 0.394 e. The van der Waals surface area contributed by atoms with Crippen LogP contribution >= 0.6 is 11.6 Å². The minimum Gasteiger partial charge on any atom is -0.474 e. The molecule has 3 rings (SSSR count). The number of carbonyl (C=O) groups is 2. The fourth-order valence-corrected chi connectivity index (χ4v) is 4.68. The Kier molecular flexibility index (Phi) is 12.3. The molecule has 3 aromatic rings. The van der Waals surface area contributed by atoms with E-state index in [-0.39, 0.29) is 0 Å². The van der Waals surface area contributed by atoms with Gasteiger partial charge in [-0.15, -0.1) is 0 Å². The van der Waals surface area contributed by atoms with Crippen LogP contribution in [-0.4, -0.2) is 27.1 Å². The maximum absolute atomic E-state index is 11.9. The minimum atomic E-state index is -1.51. The number of aromatic nitrogens is 2. The first-order chi connectivity index (χ1) is 18.5. The lowest BCUT2D eigenvalue weighted by Crippen LogP contribution is -2.34. The third-order valence-corrected chi connectivity index (χ3v) is 6.88. The zero-order valence-corrected chi connectivity index (χ0v) is 22.9. The highest BCUT2D eigenvalue weighted by molar-refractivity contribution is 6.31. The Hall–Kier alpha value is -3.19. The number of nitrogens with one attached hydrogen (secondary N) is 1. The molecule has 0 saturated carbocycles. The Bertz CT molecular complexity index is 1150. The van der Waals surface area contributed by atoms with Crippen LogP contribution in [-0.2, 0) is 22.4 Å². The molecule has 0 saturated heterocycles. The van der Waals surface area contributed by atoms with Crippen molar-refractivity contribution in [1.82, 2.24) is 15.5 Å². The Labute approximate surface area is 230 Å². The zero-order chi connectivity index (χ0) is 27.2. The van der Waals surface area contributed by atoms with E-state index in [1.807, 2.05) is 42.5 Å². The lowest BCUT2D eigenvalue weighted by molar-refractivity contribution is -0.150. The molecule has 0 aliphatic carbocycles. The number of aryl methyl sites for hydroxylation is 2. The summed E-state index contributed by atoms with van der Waals surface area (Å²) in [6, 6.07) is 14.4. The van der Waals surface area contributed by atoms with Crippen LogP contribution in [0.3, 0.4) is 0 Å². The van der Waals surface area contributed by atoms with E-state index in [2.05, 4.69) is 22.4 Å². The van der Waals surface area contributed by atoms with E-state index < -0.39 is 17.9 Å². The van der Waals surface area contributed by atoms with Gasteiger partial charge in [-0.3, -0.25) is 4.79 Å². The summed E-state index contributed by atoms with van der Waals surface area (Å²) in [5.41, 5.74) is 2.58. The van der Waals surface area contributed by atoms with Gasteiger partial charge in [-0.1, -0.05) is 99.3 Å². The second-order valence-corrected chi connectivity index (χ2v) is 10.2. The van der Waals surface area contributed by atoms with Crippen molar-refractivity contribution in [3.8, 4) is 11.5 Å². The first-order valence-corrected chi connectivity index (χ1v) is 14.0. The highest BCUT2D eigenvalue weighted by Gasteiger charge is 2.20. The van der Waals surface area contributed by atoms with Crippen LogP contribution in [0.5, 0.6) is 0 Å². The summed E-state index contributed by atoms with van der Waals surface area (Å²) in [7, 11) is 0. The number of benzene rings is 2. The van der Waals surface area contributed by atoms with E-state index in [1.165, 1.54) is 51.4 Å². The van der Waals surface area contributed by atoms with Gasteiger partial charge in [0.05, 0.1) is 6.04 Å². The Balaban J connectivity index is 1.53. The summed E-state index contributed by atoms with van der Waals surface area (Å²) in [5, 5.41) is 16.5. The van der Waals surface area contributed by atoms with Crippen LogP contribution < -0.4 is 5.32 Å². The largest absolute Gasteiger partial charge is 0.474 e. The van der Waals surface area contributed by atoms with Gasteiger partial charge in [-0.2, -0.15) is 4.98 Å². The number of carbonyl (C=O) groups excluding carboxylic acids is 1. The second kappa shape index (κ2) is 15.9. The number of hydrogen-bond acceptors (Lipinski definition) is 5. The summed E-state index contributed by atoms with van der Waals surface area (Å²) < 4.78 is 5.48. The first kappa shape index (κ1) is 29.4. The lowest BCUT2D eigenvalue weighted by atomic mass is 9.98. The van der Waals surface area contributed by atoms with E-state index in [4.69, 9.17) is 21.2 Å². The molecule has 0 fully saturated rings. The van der Waals surface area contributed by atoms with Crippen molar-refractivity contribution < 1.29 is 19.2 Å². The van der Waals surface area contributed by atoms with Gasteiger partial charge in [-0.25, -0.2) is 4.79 Å². The third-order valence-electron chi connectivity index (χ3n) is 6.64. The van der Waals surface area contributed by atoms with Crippen LogP contribution in [0.1, 0.15) is 94.1 Å². The first-order valence-electron chi connectivity index (χ1n) is 13.7. The second-order valence-electron chi connectivity index (χ2n) is 9.72. The van der Waals surface area contributed by atoms with E-state index in [9.17, 15) is 9.59 Å². The van der Waals surface area contributed by atoms with Crippen molar-refractivity contribution in [2.75, 3.05) is 0 Å². The number of aliphatic carboxylic acids is 1. The maximum Gasteiger partial charge on any atom is 0.394 e. The van der Waals surface area contributed by atoms with E-state index >= 15 is 0 Å². The molecule has 1 heterocycles. The number of halogens is 1. The van der Waals surface area contributed by atoms with Gasteiger partial charge in [0.25, 0.3) is 5.89 Å². The SMILES string of the molecule is CCCCCCCCCCCc1noc(-c2ccc(C(CCc3cccc(Cl)c3)NC(=O)C(=O)O)cc2)n1. The Morgan fingerprint density at radius 2 is 1.63 bits per heavy atom. The zero-order valence-electron chi connectivity index (χ0n) is 22.1. The van der Waals surface area contributed by atoms with Gasteiger partial charge < -0.3 is 14.9 Å². The predicted molar refractivity (Wildman–Crippen MR) is 149 cm³/mol. The molecule has 7 nitrogen and oxygen atoms in total. The molecule has 204 valence electrons. The van der Waals surface area contributed by atoms with E-state index in [0.29, 0.717) is 29.6 Å². The van der Waals surface area contributed by atoms with Crippen LogP contribution in [0, 0.1) is 0 Å². The highest BCUT2D eigenvalue weighted by Crippen LogP contribution is 2.25. The topological polar surface area (TPSA) is 105 Å². The minimum absolute atomic E-state index is 0.451. The van der Waals surface area contributed by atoms with Crippen LogP contribution in [0.15, 0.2) is 53.1 Å². The number of nitrogens with zero attached hydrogens (tertiary/aromatic N) is 2. The average molecular weight is 540 g/mol. The predicted octanol–water partition coefficient (Wildman–Crippen LogP) is 7.34. The van der Waals surface area contributed by atoms with Crippen molar-refractivity contribution in [3.63, 3.8) is 0 Å². The molecule has 0 radical (unpaired) electrons. The van der Waals surface area contributed by atoms with Crippen LogP contribution in [0.2, 0.25) is 5.02 Å². The molecular weight excluding hydrogens is 502 g/mol. The molecule has 2 N–H and O–H groups in total. The normalized spacial score (nSPS) is 11.8. The molecule has 1 amide bonds. The molecular formula is C30H38ClN3O4. The summed E-state index contributed by atoms with van der Waals surface area (Å²) in [6.07, 6.45) is 13.3. The number of amides is 1.